The van der Waals surface area contributed by atoms with Crippen LogP contribution < -0.4 is 10.1 Å². The molecule has 1 amide bonds. The Morgan fingerprint density at radius 2 is 2.00 bits per heavy atom. The van der Waals surface area contributed by atoms with Crippen LogP contribution in [-0.4, -0.2) is 41.7 Å². The third kappa shape index (κ3) is 6.32. The lowest BCUT2D eigenvalue weighted by Crippen LogP contribution is -2.34. The van der Waals surface area contributed by atoms with Gasteiger partial charge in [0.2, 0.25) is 0 Å². The van der Waals surface area contributed by atoms with Crippen LogP contribution in [-0.2, 0) is 4.74 Å². The molecule has 0 aromatic heterocycles. The first-order chi connectivity index (χ1) is 10.2. The third-order valence-corrected chi connectivity index (χ3v) is 2.91. The number of methoxy groups -OCH3 is 1. The van der Waals surface area contributed by atoms with Gasteiger partial charge in [0.25, 0.3) is 0 Å². The number of carbonyl (C=O) groups excluding carboxylic acids is 1. The van der Waals surface area contributed by atoms with Gasteiger partial charge in [-0.25, -0.2) is 4.79 Å². The zero-order chi connectivity index (χ0) is 16.8. The molecule has 0 spiro atoms. The molecule has 2 atom stereocenters. The zero-order valence-corrected chi connectivity index (χ0v) is 13.5. The maximum atomic E-state index is 11.5. The van der Waals surface area contributed by atoms with Crippen molar-refractivity contribution in [1.82, 2.24) is 5.32 Å². The van der Waals surface area contributed by atoms with E-state index in [0.29, 0.717) is 11.3 Å². The van der Waals surface area contributed by atoms with Crippen molar-refractivity contribution in [2.45, 2.75) is 45.0 Å². The largest absolute Gasteiger partial charge is 0.497 e. The van der Waals surface area contributed by atoms with E-state index in [0.717, 1.165) is 0 Å². The fourth-order valence-corrected chi connectivity index (χ4v) is 1.84. The quantitative estimate of drug-likeness (QED) is 0.748. The lowest BCUT2D eigenvalue weighted by atomic mass is 10.0. The summed E-state index contributed by atoms with van der Waals surface area (Å²) in [4.78, 5) is 11.5. The molecule has 0 radical (unpaired) electrons. The van der Waals surface area contributed by atoms with Gasteiger partial charge in [-0.2, -0.15) is 0 Å². The SMILES string of the molecule is COc1cccc(C(O)C(O)CCNC(=O)OC(C)(C)C)c1. The molecule has 0 aliphatic heterocycles. The molecule has 0 aliphatic carbocycles. The Bertz CT molecular complexity index is 484. The lowest BCUT2D eigenvalue weighted by molar-refractivity contribution is 0.0122. The van der Waals surface area contributed by atoms with Crippen molar-refractivity contribution in [2.75, 3.05) is 13.7 Å². The summed E-state index contributed by atoms with van der Waals surface area (Å²) >= 11 is 0. The van der Waals surface area contributed by atoms with Gasteiger partial charge in [-0.1, -0.05) is 12.1 Å². The molecule has 1 rings (SSSR count). The number of amides is 1. The Hall–Kier alpha value is -1.79. The van der Waals surface area contributed by atoms with E-state index in [2.05, 4.69) is 5.32 Å². The maximum absolute atomic E-state index is 11.5. The van der Waals surface area contributed by atoms with Crippen LogP contribution in [0.2, 0.25) is 0 Å². The number of aliphatic hydroxyl groups excluding tert-OH is 2. The number of alkyl carbamates (subject to hydrolysis) is 1. The molecule has 0 bridgehead atoms. The van der Waals surface area contributed by atoms with E-state index in [1.807, 2.05) is 0 Å². The van der Waals surface area contributed by atoms with E-state index in [9.17, 15) is 15.0 Å². The Morgan fingerprint density at radius 3 is 2.59 bits per heavy atom. The minimum absolute atomic E-state index is 0.205. The first kappa shape index (κ1) is 18.3. The molecule has 0 aliphatic rings. The van der Waals surface area contributed by atoms with Crippen LogP contribution in [0, 0.1) is 0 Å². The van der Waals surface area contributed by atoms with Crippen LogP contribution >= 0.6 is 0 Å². The summed E-state index contributed by atoms with van der Waals surface area (Å²) in [6.45, 7) is 5.52. The summed E-state index contributed by atoms with van der Waals surface area (Å²) in [5.41, 5.74) is -0.00729. The van der Waals surface area contributed by atoms with Crippen LogP contribution in [0.3, 0.4) is 0 Å². The average molecular weight is 311 g/mol. The van der Waals surface area contributed by atoms with E-state index in [-0.39, 0.29) is 13.0 Å². The molecule has 6 nitrogen and oxygen atoms in total. The predicted molar refractivity (Wildman–Crippen MR) is 82.8 cm³/mol. The van der Waals surface area contributed by atoms with Crippen molar-refractivity contribution in [3.05, 3.63) is 29.8 Å². The van der Waals surface area contributed by atoms with E-state index >= 15 is 0 Å². The zero-order valence-electron chi connectivity index (χ0n) is 13.5. The van der Waals surface area contributed by atoms with E-state index in [4.69, 9.17) is 9.47 Å². The number of hydrogen-bond acceptors (Lipinski definition) is 5. The molecule has 0 fully saturated rings. The van der Waals surface area contributed by atoms with Crippen molar-refractivity contribution < 1.29 is 24.5 Å². The van der Waals surface area contributed by atoms with Crippen molar-refractivity contribution in [3.63, 3.8) is 0 Å². The summed E-state index contributed by atoms with van der Waals surface area (Å²) in [6.07, 6.45) is -2.38. The Labute approximate surface area is 131 Å². The average Bonchev–Trinajstić information content (AvgIpc) is 2.44. The lowest BCUT2D eigenvalue weighted by Gasteiger charge is -2.21. The number of carbonyl (C=O) groups is 1. The molecular formula is C16H25NO5. The molecule has 0 saturated heterocycles. The highest BCUT2D eigenvalue weighted by Gasteiger charge is 2.20. The van der Waals surface area contributed by atoms with Gasteiger partial charge in [0, 0.05) is 6.54 Å². The number of nitrogens with one attached hydrogen (secondary N) is 1. The van der Waals surface area contributed by atoms with Crippen molar-refractivity contribution in [1.29, 1.82) is 0 Å². The first-order valence-corrected chi connectivity index (χ1v) is 7.20. The Balaban J connectivity index is 2.44. The number of aliphatic hydroxyl groups is 2. The molecule has 1 aromatic carbocycles. The van der Waals surface area contributed by atoms with Crippen molar-refractivity contribution >= 4 is 6.09 Å². The Kier molecular flexibility index (Phi) is 6.64. The van der Waals surface area contributed by atoms with Gasteiger partial charge >= 0.3 is 6.09 Å². The monoisotopic (exact) mass is 311 g/mol. The number of rotatable bonds is 6. The summed E-state index contributed by atoms with van der Waals surface area (Å²) in [6, 6.07) is 6.86. The van der Waals surface area contributed by atoms with Gasteiger partial charge in [-0.15, -0.1) is 0 Å². The van der Waals surface area contributed by atoms with Gasteiger partial charge in [0.05, 0.1) is 13.2 Å². The van der Waals surface area contributed by atoms with Crippen LogP contribution in [0.4, 0.5) is 4.79 Å². The second-order valence-corrected chi connectivity index (χ2v) is 6.01. The van der Waals surface area contributed by atoms with E-state index in [1.165, 1.54) is 7.11 Å². The minimum Gasteiger partial charge on any atom is -0.497 e. The molecule has 22 heavy (non-hydrogen) atoms. The van der Waals surface area contributed by atoms with Gasteiger partial charge in [-0.3, -0.25) is 0 Å². The van der Waals surface area contributed by atoms with Gasteiger partial charge in [0.1, 0.15) is 17.5 Å². The highest BCUT2D eigenvalue weighted by atomic mass is 16.6. The molecular weight excluding hydrogens is 286 g/mol. The smallest absolute Gasteiger partial charge is 0.407 e. The van der Waals surface area contributed by atoms with Crippen LogP contribution in [0.1, 0.15) is 38.9 Å². The Morgan fingerprint density at radius 1 is 1.32 bits per heavy atom. The summed E-state index contributed by atoms with van der Waals surface area (Å²) in [5, 5.41) is 22.7. The highest BCUT2D eigenvalue weighted by Crippen LogP contribution is 2.22. The third-order valence-electron chi connectivity index (χ3n) is 2.91. The number of hydrogen-bond donors (Lipinski definition) is 3. The minimum atomic E-state index is -1.05. The van der Waals surface area contributed by atoms with Crippen LogP contribution in [0.15, 0.2) is 24.3 Å². The van der Waals surface area contributed by atoms with Crippen molar-refractivity contribution in [2.24, 2.45) is 0 Å². The molecule has 6 heteroatoms. The molecule has 124 valence electrons. The molecule has 0 saturated carbocycles. The number of ether oxygens (including phenoxy) is 2. The summed E-state index contributed by atoms with van der Waals surface area (Å²) in [5.74, 6) is 0.607. The van der Waals surface area contributed by atoms with Crippen LogP contribution in [0.25, 0.3) is 0 Å². The second kappa shape index (κ2) is 8.00. The van der Waals surface area contributed by atoms with Gasteiger partial charge < -0.3 is 25.0 Å². The summed E-state index contributed by atoms with van der Waals surface area (Å²) in [7, 11) is 1.53. The molecule has 2 unspecified atom stereocenters. The topological polar surface area (TPSA) is 88.0 Å². The van der Waals surface area contributed by atoms with E-state index < -0.39 is 23.9 Å². The standard InChI is InChI=1S/C16H25NO5/c1-16(2,3)22-15(20)17-9-8-13(18)14(19)11-6-5-7-12(10-11)21-4/h5-7,10,13-14,18-19H,8-9H2,1-4H3,(H,17,20). The molecule has 3 N–H and O–H groups in total. The number of benzene rings is 1. The van der Waals surface area contributed by atoms with Crippen molar-refractivity contribution in [3.8, 4) is 5.75 Å². The highest BCUT2D eigenvalue weighted by molar-refractivity contribution is 5.67. The maximum Gasteiger partial charge on any atom is 0.407 e. The summed E-state index contributed by atoms with van der Waals surface area (Å²) < 4.78 is 10.2. The van der Waals surface area contributed by atoms with Gasteiger partial charge in [-0.05, 0) is 44.9 Å². The van der Waals surface area contributed by atoms with E-state index in [1.54, 1.807) is 45.0 Å². The molecule has 1 aromatic rings. The molecule has 0 heterocycles. The first-order valence-electron chi connectivity index (χ1n) is 7.20. The second-order valence-electron chi connectivity index (χ2n) is 6.01. The fourth-order valence-electron chi connectivity index (χ4n) is 1.84. The predicted octanol–water partition coefficient (Wildman–Crippen LogP) is 2.00. The van der Waals surface area contributed by atoms with Gasteiger partial charge in [0.15, 0.2) is 0 Å². The normalized spacial score (nSPS) is 14.1. The van der Waals surface area contributed by atoms with Crippen LogP contribution in [0.5, 0.6) is 5.75 Å². The fraction of sp³-hybridized carbons (Fsp3) is 0.562.